The number of aliphatic imine (C=N–C) groups is 1. The van der Waals surface area contributed by atoms with Crippen molar-refractivity contribution in [2.24, 2.45) is 10.7 Å². The van der Waals surface area contributed by atoms with E-state index in [4.69, 9.17) is 5.73 Å². The van der Waals surface area contributed by atoms with E-state index in [0.717, 1.165) is 27.5 Å². The zero-order valence-electron chi connectivity index (χ0n) is 12.5. The van der Waals surface area contributed by atoms with Crippen LogP contribution in [0.15, 0.2) is 53.7 Å². The first-order valence-corrected chi connectivity index (χ1v) is 7.55. The summed E-state index contributed by atoms with van der Waals surface area (Å²) in [5.41, 5.74) is 9.46. The Morgan fingerprint density at radius 3 is 2.96 bits per heavy atom. The summed E-state index contributed by atoms with van der Waals surface area (Å²) in [6.07, 6.45) is 1.54. The standard InChI is InChI=1S/C17H13FN6/c18-9-5-6-12-10(7-9)11(8-20-12)15-22-16(19)23-17-21-13-3-1-2-4-14(13)24(15)17/h1-8,15,20H,(H3,19,21,22,23). The van der Waals surface area contributed by atoms with Gasteiger partial charge in [0.25, 0.3) is 0 Å². The van der Waals surface area contributed by atoms with Gasteiger partial charge in [0.05, 0.1) is 11.0 Å². The van der Waals surface area contributed by atoms with E-state index >= 15 is 0 Å². The first-order chi connectivity index (χ1) is 11.7. The molecular formula is C17H13FN6. The van der Waals surface area contributed by atoms with Gasteiger partial charge in [0.1, 0.15) is 12.0 Å². The van der Waals surface area contributed by atoms with Crippen molar-refractivity contribution < 1.29 is 4.39 Å². The summed E-state index contributed by atoms with van der Waals surface area (Å²) in [5, 5.41) is 3.97. The van der Waals surface area contributed by atoms with Crippen molar-refractivity contribution in [3.63, 3.8) is 0 Å². The topological polar surface area (TPSA) is 84.0 Å². The zero-order chi connectivity index (χ0) is 16.3. The number of hydrogen-bond acceptors (Lipinski definition) is 4. The van der Waals surface area contributed by atoms with Crippen LogP contribution in [0.2, 0.25) is 0 Å². The van der Waals surface area contributed by atoms with E-state index in [1.807, 2.05) is 35.0 Å². The molecular weight excluding hydrogens is 307 g/mol. The molecule has 1 atom stereocenters. The lowest BCUT2D eigenvalue weighted by Gasteiger charge is -2.25. The van der Waals surface area contributed by atoms with Crippen molar-refractivity contribution in [1.82, 2.24) is 19.9 Å². The lowest BCUT2D eigenvalue weighted by atomic mass is 10.1. The molecule has 0 radical (unpaired) electrons. The monoisotopic (exact) mass is 320 g/mol. The Morgan fingerprint density at radius 1 is 1.17 bits per heavy atom. The van der Waals surface area contributed by atoms with Gasteiger partial charge in [0, 0.05) is 22.7 Å². The summed E-state index contributed by atoms with van der Waals surface area (Å²) in [5.74, 6) is 0.535. The van der Waals surface area contributed by atoms with Crippen molar-refractivity contribution in [3.05, 3.63) is 60.0 Å². The van der Waals surface area contributed by atoms with E-state index in [2.05, 4.69) is 20.3 Å². The smallest absolute Gasteiger partial charge is 0.235 e. The maximum atomic E-state index is 13.7. The van der Waals surface area contributed by atoms with Crippen LogP contribution in [0.5, 0.6) is 0 Å². The third kappa shape index (κ3) is 1.75. The van der Waals surface area contributed by atoms with E-state index in [0.29, 0.717) is 5.95 Å². The number of guanidine groups is 1. The Labute approximate surface area is 135 Å². The fraction of sp³-hybridized carbons (Fsp3) is 0.0588. The predicted molar refractivity (Wildman–Crippen MR) is 90.5 cm³/mol. The van der Waals surface area contributed by atoms with Crippen LogP contribution >= 0.6 is 0 Å². The van der Waals surface area contributed by atoms with Crippen molar-refractivity contribution in [2.45, 2.75) is 6.17 Å². The summed E-state index contributed by atoms with van der Waals surface area (Å²) in [4.78, 5) is 12.0. The first kappa shape index (κ1) is 13.1. The van der Waals surface area contributed by atoms with Gasteiger partial charge >= 0.3 is 0 Å². The molecule has 1 aliphatic heterocycles. The molecule has 0 spiro atoms. The molecule has 4 N–H and O–H groups in total. The molecule has 4 aromatic rings. The Kier molecular flexibility index (Phi) is 2.50. The fourth-order valence-corrected chi connectivity index (χ4v) is 3.27. The SMILES string of the molecule is NC1=Nc2nc3ccccc3n2C(c2c[nH]c3ccc(F)cc23)N1. The average Bonchev–Trinajstić information content (AvgIpc) is 3.14. The van der Waals surface area contributed by atoms with Crippen LogP contribution in [0.25, 0.3) is 21.9 Å². The summed E-state index contributed by atoms with van der Waals surface area (Å²) in [6, 6.07) is 12.5. The van der Waals surface area contributed by atoms with Crippen molar-refractivity contribution in [2.75, 3.05) is 0 Å². The molecule has 1 unspecified atom stereocenters. The van der Waals surface area contributed by atoms with E-state index in [-0.39, 0.29) is 17.9 Å². The van der Waals surface area contributed by atoms with Crippen LogP contribution in [-0.4, -0.2) is 20.5 Å². The Hall–Kier alpha value is -3.35. The number of imidazole rings is 1. The molecule has 118 valence electrons. The number of benzene rings is 2. The number of nitrogens with one attached hydrogen (secondary N) is 2. The predicted octanol–water partition coefficient (Wildman–Crippen LogP) is 2.75. The largest absolute Gasteiger partial charge is 0.370 e. The molecule has 0 saturated carbocycles. The summed E-state index contributed by atoms with van der Waals surface area (Å²) >= 11 is 0. The van der Waals surface area contributed by atoms with Gasteiger partial charge in [-0.15, -0.1) is 0 Å². The molecule has 7 heteroatoms. The quantitative estimate of drug-likeness (QED) is 0.504. The average molecular weight is 320 g/mol. The summed E-state index contributed by atoms with van der Waals surface area (Å²) in [7, 11) is 0. The zero-order valence-corrected chi connectivity index (χ0v) is 12.5. The minimum Gasteiger partial charge on any atom is -0.370 e. The highest BCUT2D eigenvalue weighted by Crippen LogP contribution is 2.34. The second-order valence-electron chi connectivity index (χ2n) is 5.75. The van der Waals surface area contributed by atoms with Crippen LogP contribution in [0.4, 0.5) is 10.3 Å². The van der Waals surface area contributed by atoms with Gasteiger partial charge in [-0.05, 0) is 30.3 Å². The summed E-state index contributed by atoms with van der Waals surface area (Å²) < 4.78 is 15.7. The first-order valence-electron chi connectivity index (χ1n) is 7.55. The molecule has 0 fully saturated rings. The van der Waals surface area contributed by atoms with Gasteiger partial charge in [-0.3, -0.25) is 4.57 Å². The number of hydrogen-bond donors (Lipinski definition) is 3. The number of nitrogens with two attached hydrogens (primary N) is 1. The number of H-pyrrole nitrogens is 1. The highest BCUT2D eigenvalue weighted by molar-refractivity contribution is 5.89. The molecule has 0 amide bonds. The molecule has 6 nitrogen and oxygen atoms in total. The van der Waals surface area contributed by atoms with Crippen LogP contribution < -0.4 is 11.1 Å². The van der Waals surface area contributed by atoms with Gasteiger partial charge < -0.3 is 16.0 Å². The highest BCUT2D eigenvalue weighted by Gasteiger charge is 2.27. The minimum absolute atomic E-state index is 0.281. The van der Waals surface area contributed by atoms with Crippen LogP contribution in [-0.2, 0) is 0 Å². The lowest BCUT2D eigenvalue weighted by Crippen LogP contribution is -2.40. The number of rotatable bonds is 1. The van der Waals surface area contributed by atoms with Gasteiger partial charge in [-0.2, -0.15) is 4.99 Å². The van der Waals surface area contributed by atoms with Gasteiger partial charge in [-0.25, -0.2) is 9.37 Å². The number of nitrogens with zero attached hydrogens (tertiary/aromatic N) is 3. The molecule has 0 saturated heterocycles. The van der Waals surface area contributed by atoms with Crippen LogP contribution in [0.1, 0.15) is 11.7 Å². The minimum atomic E-state index is -0.319. The van der Waals surface area contributed by atoms with E-state index in [9.17, 15) is 4.39 Å². The molecule has 24 heavy (non-hydrogen) atoms. The Morgan fingerprint density at radius 2 is 2.04 bits per heavy atom. The second-order valence-corrected chi connectivity index (χ2v) is 5.75. The van der Waals surface area contributed by atoms with E-state index < -0.39 is 0 Å². The maximum absolute atomic E-state index is 13.7. The molecule has 3 heterocycles. The van der Waals surface area contributed by atoms with Gasteiger partial charge in [-0.1, -0.05) is 12.1 Å². The Bertz CT molecular complexity index is 1120. The normalized spacial score (nSPS) is 16.9. The molecule has 0 aliphatic carbocycles. The highest BCUT2D eigenvalue weighted by atomic mass is 19.1. The molecule has 0 bridgehead atoms. The molecule has 2 aromatic carbocycles. The van der Waals surface area contributed by atoms with Gasteiger partial charge in [0.15, 0.2) is 5.96 Å². The fourth-order valence-electron chi connectivity index (χ4n) is 3.27. The third-order valence-electron chi connectivity index (χ3n) is 4.31. The number of para-hydroxylation sites is 2. The maximum Gasteiger partial charge on any atom is 0.235 e. The second kappa shape index (κ2) is 4.58. The number of aromatic amines is 1. The molecule has 2 aromatic heterocycles. The third-order valence-corrected chi connectivity index (χ3v) is 4.31. The number of halogens is 1. The Balaban J connectivity index is 1.80. The van der Waals surface area contributed by atoms with Crippen molar-refractivity contribution >= 4 is 33.8 Å². The summed E-state index contributed by atoms with van der Waals surface area (Å²) in [6.45, 7) is 0. The van der Waals surface area contributed by atoms with E-state index in [1.54, 1.807) is 6.07 Å². The van der Waals surface area contributed by atoms with Crippen molar-refractivity contribution in [3.8, 4) is 0 Å². The lowest BCUT2D eigenvalue weighted by molar-refractivity contribution is 0.554. The van der Waals surface area contributed by atoms with E-state index in [1.165, 1.54) is 12.1 Å². The van der Waals surface area contributed by atoms with Crippen LogP contribution in [0, 0.1) is 5.82 Å². The van der Waals surface area contributed by atoms with Crippen LogP contribution in [0.3, 0.4) is 0 Å². The number of aromatic nitrogens is 3. The van der Waals surface area contributed by atoms with Crippen molar-refractivity contribution in [1.29, 1.82) is 0 Å². The number of fused-ring (bicyclic) bond motifs is 4. The molecule has 1 aliphatic rings. The van der Waals surface area contributed by atoms with Gasteiger partial charge in [0.2, 0.25) is 5.95 Å². The molecule has 5 rings (SSSR count).